The maximum Gasteiger partial charge on any atom is 0.323 e. The van der Waals surface area contributed by atoms with E-state index in [1.807, 2.05) is 66.9 Å². The first-order chi connectivity index (χ1) is 14.9. The number of aromatic nitrogens is 3. The maximum absolute atomic E-state index is 12.5. The fourth-order valence-corrected chi connectivity index (χ4v) is 3.35. The number of hydrogen-bond acceptors (Lipinski definition) is 3. The van der Waals surface area contributed by atoms with Crippen molar-refractivity contribution >= 4 is 17.4 Å². The minimum atomic E-state index is -0.294. The molecule has 3 N–H and O–H groups in total. The topological polar surface area (TPSA) is 82.7 Å². The molecular formula is C25H25N5O. The Morgan fingerprint density at radius 1 is 0.871 bits per heavy atom. The number of H-pyrrole nitrogens is 1. The molecular weight excluding hydrogens is 386 g/mol. The van der Waals surface area contributed by atoms with E-state index in [9.17, 15) is 4.79 Å². The van der Waals surface area contributed by atoms with E-state index in [2.05, 4.69) is 46.6 Å². The highest BCUT2D eigenvalue weighted by Gasteiger charge is 2.14. The zero-order valence-electron chi connectivity index (χ0n) is 17.8. The lowest BCUT2D eigenvalue weighted by molar-refractivity contribution is 0.262. The van der Waals surface area contributed by atoms with Crippen LogP contribution in [0.1, 0.15) is 26.3 Å². The fourth-order valence-electron chi connectivity index (χ4n) is 3.35. The molecule has 6 nitrogen and oxygen atoms in total. The minimum absolute atomic E-state index is 0.0720. The largest absolute Gasteiger partial charge is 0.323 e. The van der Waals surface area contributed by atoms with Gasteiger partial charge in [0.25, 0.3) is 0 Å². The van der Waals surface area contributed by atoms with Crippen molar-refractivity contribution in [3.05, 3.63) is 84.8 Å². The van der Waals surface area contributed by atoms with Crippen molar-refractivity contribution in [2.75, 3.05) is 10.6 Å². The molecule has 156 valence electrons. The number of pyridine rings is 1. The Bertz CT molecular complexity index is 1170. The molecule has 0 unspecified atom stereocenters. The van der Waals surface area contributed by atoms with Gasteiger partial charge in [0, 0.05) is 41.1 Å². The van der Waals surface area contributed by atoms with Crippen molar-refractivity contribution in [3.8, 4) is 22.4 Å². The monoisotopic (exact) mass is 411 g/mol. The van der Waals surface area contributed by atoms with Crippen LogP contribution in [0.15, 0.2) is 79.3 Å². The Hall–Kier alpha value is -3.93. The van der Waals surface area contributed by atoms with Gasteiger partial charge < -0.3 is 10.6 Å². The molecule has 4 aromatic rings. The lowest BCUT2D eigenvalue weighted by Gasteiger charge is -2.19. The van der Waals surface area contributed by atoms with Crippen LogP contribution in [-0.2, 0) is 5.41 Å². The highest BCUT2D eigenvalue weighted by atomic mass is 16.2. The number of nitrogens with one attached hydrogen (secondary N) is 3. The summed E-state index contributed by atoms with van der Waals surface area (Å²) >= 11 is 0. The minimum Gasteiger partial charge on any atom is -0.308 e. The Balaban J connectivity index is 1.48. The number of benzene rings is 2. The zero-order chi connectivity index (χ0) is 21.8. The van der Waals surface area contributed by atoms with Gasteiger partial charge in [-0.05, 0) is 52.9 Å². The SMILES string of the molecule is CC(C)(C)c1ccc(NC(=O)Nc2cccc(-c3n[nH]cc3-c3ccncc3)c2)cc1. The van der Waals surface area contributed by atoms with Crippen LogP contribution in [0.2, 0.25) is 0 Å². The molecule has 0 saturated heterocycles. The Kier molecular flexibility index (Phi) is 5.54. The van der Waals surface area contributed by atoms with Gasteiger partial charge in [0.2, 0.25) is 0 Å². The van der Waals surface area contributed by atoms with E-state index in [-0.39, 0.29) is 11.4 Å². The average molecular weight is 412 g/mol. The highest BCUT2D eigenvalue weighted by molar-refractivity contribution is 6.00. The van der Waals surface area contributed by atoms with Crippen LogP contribution in [0.5, 0.6) is 0 Å². The first-order valence-electron chi connectivity index (χ1n) is 10.1. The number of anilines is 2. The molecule has 2 heterocycles. The summed E-state index contributed by atoms with van der Waals surface area (Å²) < 4.78 is 0. The Labute approximate surface area is 181 Å². The second kappa shape index (κ2) is 8.44. The van der Waals surface area contributed by atoms with E-state index in [0.29, 0.717) is 5.69 Å². The summed E-state index contributed by atoms with van der Waals surface area (Å²) in [5.41, 5.74) is 6.43. The smallest absolute Gasteiger partial charge is 0.308 e. The maximum atomic E-state index is 12.5. The molecule has 0 fully saturated rings. The number of aromatic amines is 1. The molecule has 0 atom stereocenters. The molecule has 2 aromatic heterocycles. The van der Waals surface area contributed by atoms with E-state index in [0.717, 1.165) is 28.1 Å². The second-order valence-corrected chi connectivity index (χ2v) is 8.37. The van der Waals surface area contributed by atoms with Crippen molar-refractivity contribution in [2.24, 2.45) is 0 Å². The van der Waals surface area contributed by atoms with Gasteiger partial charge >= 0.3 is 6.03 Å². The number of carbonyl (C=O) groups excluding carboxylic acids is 1. The molecule has 0 aliphatic heterocycles. The normalized spacial score (nSPS) is 11.2. The zero-order valence-corrected chi connectivity index (χ0v) is 17.8. The molecule has 2 aromatic carbocycles. The summed E-state index contributed by atoms with van der Waals surface area (Å²) in [5, 5.41) is 13.1. The van der Waals surface area contributed by atoms with Crippen LogP contribution >= 0.6 is 0 Å². The molecule has 0 spiro atoms. The van der Waals surface area contributed by atoms with Gasteiger partial charge in [0.15, 0.2) is 0 Å². The molecule has 4 rings (SSSR count). The van der Waals surface area contributed by atoms with Gasteiger partial charge in [-0.1, -0.05) is 45.0 Å². The summed E-state index contributed by atoms with van der Waals surface area (Å²) in [7, 11) is 0. The van der Waals surface area contributed by atoms with Crippen LogP contribution in [0, 0.1) is 0 Å². The summed E-state index contributed by atoms with van der Waals surface area (Å²) in [6.07, 6.45) is 5.36. The van der Waals surface area contributed by atoms with Gasteiger partial charge in [-0.2, -0.15) is 5.10 Å². The first kappa shape index (κ1) is 20.3. The van der Waals surface area contributed by atoms with Crippen LogP contribution in [0.4, 0.5) is 16.2 Å². The van der Waals surface area contributed by atoms with Crippen molar-refractivity contribution in [2.45, 2.75) is 26.2 Å². The van der Waals surface area contributed by atoms with Gasteiger partial charge in [0.1, 0.15) is 0 Å². The Morgan fingerprint density at radius 3 is 2.29 bits per heavy atom. The molecule has 2 amide bonds. The quantitative estimate of drug-likeness (QED) is 0.380. The lowest BCUT2D eigenvalue weighted by Crippen LogP contribution is -2.19. The van der Waals surface area contributed by atoms with Gasteiger partial charge in [-0.3, -0.25) is 10.1 Å². The predicted octanol–water partition coefficient (Wildman–Crippen LogP) is 6.08. The number of urea groups is 1. The number of carbonyl (C=O) groups is 1. The van der Waals surface area contributed by atoms with Gasteiger partial charge in [0.05, 0.1) is 5.69 Å². The summed E-state index contributed by atoms with van der Waals surface area (Å²) in [6, 6.07) is 19.1. The third-order valence-corrected chi connectivity index (χ3v) is 5.03. The van der Waals surface area contributed by atoms with Gasteiger partial charge in [-0.15, -0.1) is 0 Å². The van der Waals surface area contributed by atoms with Crippen molar-refractivity contribution < 1.29 is 4.79 Å². The first-order valence-corrected chi connectivity index (χ1v) is 10.1. The number of hydrogen-bond donors (Lipinski definition) is 3. The Morgan fingerprint density at radius 2 is 1.58 bits per heavy atom. The van der Waals surface area contributed by atoms with E-state index < -0.39 is 0 Å². The predicted molar refractivity (Wildman–Crippen MR) is 125 cm³/mol. The third kappa shape index (κ3) is 4.80. The van der Waals surface area contributed by atoms with E-state index in [1.165, 1.54) is 5.56 Å². The third-order valence-electron chi connectivity index (χ3n) is 5.03. The van der Waals surface area contributed by atoms with Crippen LogP contribution in [0.25, 0.3) is 22.4 Å². The average Bonchev–Trinajstić information content (AvgIpc) is 3.24. The molecule has 0 saturated carbocycles. The van der Waals surface area contributed by atoms with E-state index in [1.54, 1.807) is 12.4 Å². The van der Waals surface area contributed by atoms with Crippen LogP contribution in [-0.4, -0.2) is 21.2 Å². The number of nitrogens with zero attached hydrogens (tertiary/aromatic N) is 2. The van der Waals surface area contributed by atoms with Crippen molar-refractivity contribution in [1.29, 1.82) is 0 Å². The molecule has 0 bridgehead atoms. The van der Waals surface area contributed by atoms with E-state index >= 15 is 0 Å². The van der Waals surface area contributed by atoms with Crippen molar-refractivity contribution in [1.82, 2.24) is 15.2 Å². The molecule has 31 heavy (non-hydrogen) atoms. The summed E-state index contributed by atoms with van der Waals surface area (Å²) in [4.78, 5) is 16.6. The second-order valence-electron chi connectivity index (χ2n) is 8.37. The van der Waals surface area contributed by atoms with Crippen molar-refractivity contribution in [3.63, 3.8) is 0 Å². The highest BCUT2D eigenvalue weighted by Crippen LogP contribution is 2.31. The lowest BCUT2D eigenvalue weighted by atomic mass is 9.87. The fraction of sp³-hybridized carbons (Fsp3) is 0.160. The summed E-state index contributed by atoms with van der Waals surface area (Å²) in [6.45, 7) is 6.48. The number of amides is 2. The van der Waals surface area contributed by atoms with E-state index in [4.69, 9.17) is 0 Å². The standard InChI is InChI=1S/C25H25N5O/c1-25(2,3)19-7-9-20(10-8-19)28-24(31)29-21-6-4-5-18(15-21)23-22(16-27-30-23)17-11-13-26-14-12-17/h4-16H,1-3H3,(H,27,30)(H2,28,29,31). The molecule has 0 aliphatic carbocycles. The number of rotatable bonds is 4. The molecule has 0 aliphatic rings. The van der Waals surface area contributed by atoms with Crippen LogP contribution < -0.4 is 10.6 Å². The molecule has 6 heteroatoms. The molecule has 0 radical (unpaired) electrons. The van der Waals surface area contributed by atoms with Gasteiger partial charge in [-0.25, -0.2) is 4.79 Å². The van der Waals surface area contributed by atoms with Crippen LogP contribution in [0.3, 0.4) is 0 Å². The summed E-state index contributed by atoms with van der Waals surface area (Å²) in [5.74, 6) is 0.